The van der Waals surface area contributed by atoms with Gasteiger partial charge < -0.3 is 9.47 Å². The number of alkyl halides is 7. The number of pyridine rings is 1. The largest absolute Gasteiger partial charge is 0.573 e. The summed E-state index contributed by atoms with van der Waals surface area (Å²) < 4.78 is 83.1. The van der Waals surface area contributed by atoms with E-state index in [1.165, 1.54) is 0 Å². The number of carbonyl (C=O) groups is 1. The monoisotopic (exact) mass is 351 g/mol. The summed E-state index contributed by atoms with van der Waals surface area (Å²) in [6, 6.07) is 0. The van der Waals surface area contributed by atoms with Gasteiger partial charge in [-0.2, -0.15) is 13.2 Å². The average molecular weight is 352 g/mol. The molecule has 0 N–H and O–H groups in total. The fourth-order valence-corrected chi connectivity index (χ4v) is 1.87. The number of ether oxygens (including phenoxy) is 2. The first kappa shape index (κ1) is 18.3. The molecule has 1 heterocycles. The van der Waals surface area contributed by atoms with Gasteiger partial charge in [-0.1, -0.05) is 0 Å². The maximum absolute atomic E-state index is 12.8. The highest BCUT2D eigenvalue weighted by Crippen LogP contribution is 2.37. The quantitative estimate of drug-likeness (QED) is 0.473. The molecule has 124 valence electrons. The van der Waals surface area contributed by atoms with Gasteiger partial charge in [-0.05, 0) is 0 Å². The summed E-state index contributed by atoms with van der Waals surface area (Å²) in [6.45, 7) is 0. The Morgan fingerprint density at radius 3 is 2.23 bits per heavy atom. The van der Waals surface area contributed by atoms with Crippen LogP contribution in [0.5, 0.6) is 5.75 Å². The lowest BCUT2D eigenvalue weighted by Gasteiger charge is -2.18. The summed E-state index contributed by atoms with van der Waals surface area (Å²) >= 11 is 5.38. The second-order valence-corrected chi connectivity index (χ2v) is 4.13. The first-order valence-electron chi connectivity index (χ1n) is 5.46. The van der Waals surface area contributed by atoms with Crippen LogP contribution < -0.4 is 4.74 Å². The topological polar surface area (TPSA) is 48.4 Å². The van der Waals surface area contributed by atoms with E-state index < -0.39 is 53.4 Å². The summed E-state index contributed by atoms with van der Waals surface area (Å²) in [4.78, 5) is 14.1. The Hall–Kier alpha value is -1.71. The zero-order chi connectivity index (χ0) is 17.1. The summed E-state index contributed by atoms with van der Waals surface area (Å²) in [6.07, 6.45) is -10.8. The standard InChI is InChI=1S/C11H8ClF6NO3/c1-21-8(20)2-5-6(3-12)9(10(13,14)15)19-4-7(5)22-11(16,17)18/h4H,2-3H2,1H3. The Morgan fingerprint density at radius 1 is 1.23 bits per heavy atom. The van der Waals surface area contributed by atoms with Gasteiger partial charge in [0.15, 0.2) is 5.75 Å². The number of esters is 1. The number of hydrogen-bond acceptors (Lipinski definition) is 4. The van der Waals surface area contributed by atoms with Crippen LogP contribution in [-0.4, -0.2) is 24.4 Å². The molecule has 0 unspecified atom stereocenters. The Kier molecular flexibility index (Phi) is 5.49. The number of methoxy groups -OCH3 is 1. The summed E-state index contributed by atoms with van der Waals surface area (Å²) in [5.74, 6) is -2.91. The molecule has 0 aliphatic carbocycles. The van der Waals surface area contributed by atoms with Crippen molar-refractivity contribution in [2.45, 2.75) is 24.8 Å². The van der Waals surface area contributed by atoms with E-state index >= 15 is 0 Å². The predicted molar refractivity (Wildman–Crippen MR) is 61.2 cm³/mol. The molecule has 4 nitrogen and oxygen atoms in total. The van der Waals surface area contributed by atoms with E-state index in [-0.39, 0.29) is 6.20 Å². The van der Waals surface area contributed by atoms with Gasteiger partial charge in [0.1, 0.15) is 5.69 Å². The van der Waals surface area contributed by atoms with Gasteiger partial charge in [-0.3, -0.25) is 4.79 Å². The average Bonchev–Trinajstić information content (AvgIpc) is 2.37. The summed E-state index contributed by atoms with van der Waals surface area (Å²) in [5, 5.41) is 0. The molecule has 22 heavy (non-hydrogen) atoms. The molecule has 1 aromatic heterocycles. The van der Waals surface area contributed by atoms with Crippen molar-refractivity contribution in [3.8, 4) is 5.75 Å². The molecular formula is C11H8ClF6NO3. The van der Waals surface area contributed by atoms with E-state index in [0.29, 0.717) is 0 Å². The van der Waals surface area contributed by atoms with E-state index in [2.05, 4.69) is 14.5 Å². The SMILES string of the molecule is COC(=O)Cc1c(OC(F)(F)F)cnc(C(F)(F)F)c1CCl. The Labute approximate surface area is 125 Å². The van der Waals surface area contributed by atoms with Crippen LogP contribution in [-0.2, 0) is 28.0 Å². The molecule has 0 atom stereocenters. The molecule has 0 aliphatic heterocycles. The number of aromatic nitrogens is 1. The molecule has 1 rings (SSSR count). The highest BCUT2D eigenvalue weighted by molar-refractivity contribution is 6.17. The van der Waals surface area contributed by atoms with E-state index in [1.807, 2.05) is 0 Å². The van der Waals surface area contributed by atoms with Crippen LogP contribution in [0.15, 0.2) is 6.20 Å². The molecule has 0 saturated carbocycles. The highest BCUT2D eigenvalue weighted by Gasteiger charge is 2.39. The second-order valence-electron chi connectivity index (χ2n) is 3.86. The third-order valence-electron chi connectivity index (χ3n) is 2.44. The maximum Gasteiger partial charge on any atom is 0.573 e. The molecule has 0 bridgehead atoms. The van der Waals surface area contributed by atoms with Gasteiger partial charge in [0.25, 0.3) is 0 Å². The lowest BCUT2D eigenvalue weighted by atomic mass is 10.0. The van der Waals surface area contributed by atoms with Crippen molar-refractivity contribution >= 4 is 17.6 Å². The predicted octanol–water partition coefficient (Wildman–Crippen LogP) is 3.45. The normalized spacial score (nSPS) is 12.2. The van der Waals surface area contributed by atoms with Gasteiger partial charge >= 0.3 is 18.5 Å². The molecule has 0 aliphatic rings. The van der Waals surface area contributed by atoms with Crippen molar-refractivity contribution in [2.75, 3.05) is 7.11 Å². The van der Waals surface area contributed by atoms with Gasteiger partial charge in [-0.25, -0.2) is 4.98 Å². The Bertz CT molecular complexity index is 558. The van der Waals surface area contributed by atoms with E-state index in [4.69, 9.17) is 11.6 Å². The van der Waals surface area contributed by atoms with Crippen molar-refractivity contribution in [3.05, 3.63) is 23.0 Å². The zero-order valence-corrected chi connectivity index (χ0v) is 11.6. The fourth-order valence-electron chi connectivity index (χ4n) is 1.58. The van der Waals surface area contributed by atoms with Crippen molar-refractivity contribution in [1.29, 1.82) is 0 Å². The van der Waals surface area contributed by atoms with Crippen LogP contribution in [0.2, 0.25) is 0 Å². The van der Waals surface area contributed by atoms with Crippen LogP contribution in [0, 0.1) is 0 Å². The number of rotatable bonds is 4. The lowest BCUT2D eigenvalue weighted by Crippen LogP contribution is -2.22. The third kappa shape index (κ3) is 4.65. The molecule has 1 aromatic rings. The Morgan fingerprint density at radius 2 is 1.82 bits per heavy atom. The van der Waals surface area contributed by atoms with Crippen molar-refractivity contribution in [2.24, 2.45) is 0 Å². The molecule has 0 aromatic carbocycles. The van der Waals surface area contributed by atoms with Gasteiger partial charge in [0.05, 0.1) is 19.7 Å². The van der Waals surface area contributed by atoms with Crippen LogP contribution >= 0.6 is 11.6 Å². The minimum absolute atomic E-state index is 0.241. The highest BCUT2D eigenvalue weighted by atomic mass is 35.5. The third-order valence-corrected chi connectivity index (χ3v) is 2.70. The molecule has 0 radical (unpaired) electrons. The first-order valence-corrected chi connectivity index (χ1v) is 5.99. The Balaban J connectivity index is 3.49. The van der Waals surface area contributed by atoms with E-state index in [0.717, 1.165) is 7.11 Å². The van der Waals surface area contributed by atoms with Crippen LogP contribution in [0.25, 0.3) is 0 Å². The summed E-state index contributed by atoms with van der Waals surface area (Å²) in [7, 11) is 0.929. The maximum atomic E-state index is 12.8. The van der Waals surface area contributed by atoms with Gasteiger partial charge in [-0.15, -0.1) is 24.8 Å². The van der Waals surface area contributed by atoms with E-state index in [1.54, 1.807) is 0 Å². The number of halogens is 7. The molecule has 11 heteroatoms. The van der Waals surface area contributed by atoms with Crippen molar-refractivity contribution in [3.63, 3.8) is 0 Å². The number of carbonyl (C=O) groups excluding carboxylic acids is 1. The molecule has 0 saturated heterocycles. The lowest BCUT2D eigenvalue weighted by molar-refractivity contribution is -0.275. The molecular weight excluding hydrogens is 344 g/mol. The van der Waals surface area contributed by atoms with Crippen LogP contribution in [0.3, 0.4) is 0 Å². The summed E-state index contributed by atoms with van der Waals surface area (Å²) in [5.41, 5.74) is -2.95. The number of nitrogens with zero attached hydrogens (tertiary/aromatic N) is 1. The molecule has 0 spiro atoms. The van der Waals surface area contributed by atoms with Crippen molar-refractivity contribution in [1.82, 2.24) is 4.98 Å². The minimum Gasteiger partial charge on any atom is -0.469 e. The molecule has 0 fully saturated rings. The van der Waals surface area contributed by atoms with Crippen molar-refractivity contribution < 1.29 is 40.6 Å². The fraction of sp³-hybridized carbons (Fsp3) is 0.455. The van der Waals surface area contributed by atoms with Gasteiger partial charge in [0.2, 0.25) is 0 Å². The van der Waals surface area contributed by atoms with Crippen LogP contribution in [0.4, 0.5) is 26.3 Å². The van der Waals surface area contributed by atoms with Gasteiger partial charge in [0, 0.05) is 17.0 Å². The second kappa shape index (κ2) is 6.59. The first-order chi connectivity index (χ1) is 9.99. The van der Waals surface area contributed by atoms with Crippen LogP contribution in [0.1, 0.15) is 16.8 Å². The minimum atomic E-state index is -5.17. The molecule has 0 amide bonds. The number of hydrogen-bond donors (Lipinski definition) is 0. The smallest absolute Gasteiger partial charge is 0.469 e. The zero-order valence-electron chi connectivity index (χ0n) is 10.8. The van der Waals surface area contributed by atoms with E-state index in [9.17, 15) is 31.1 Å².